The number of nitrogens with zero attached hydrogens (tertiary/aromatic N) is 2. The van der Waals surface area contributed by atoms with Gasteiger partial charge in [0.2, 0.25) is 11.8 Å². The van der Waals surface area contributed by atoms with Crippen molar-refractivity contribution in [3.8, 4) is 11.8 Å². The van der Waals surface area contributed by atoms with Gasteiger partial charge in [-0.05, 0) is 73.9 Å². The Labute approximate surface area is 241 Å². The van der Waals surface area contributed by atoms with E-state index in [2.05, 4.69) is 5.32 Å². The molecule has 3 aromatic carbocycles. The fourth-order valence-corrected chi connectivity index (χ4v) is 5.23. The van der Waals surface area contributed by atoms with Crippen LogP contribution in [0.25, 0.3) is 0 Å². The number of Topliss-reactive ketones (excluding diaryl/α,β-unsaturated/α-hetero) is 1. The quantitative estimate of drug-likeness (QED) is 0.355. The Balaban J connectivity index is 1.78. The summed E-state index contributed by atoms with van der Waals surface area (Å²) in [7, 11) is 1.54. The molecule has 1 aliphatic rings. The Morgan fingerprint density at radius 3 is 2.36 bits per heavy atom. The first-order chi connectivity index (χ1) is 20.0. The minimum atomic E-state index is -4.67. The van der Waals surface area contributed by atoms with E-state index < -0.39 is 41.2 Å². The van der Waals surface area contributed by atoms with E-state index >= 15 is 0 Å². The minimum absolute atomic E-state index is 0.112. The van der Waals surface area contributed by atoms with Crippen molar-refractivity contribution in [1.82, 2.24) is 5.32 Å². The molecule has 0 radical (unpaired) electrons. The van der Waals surface area contributed by atoms with E-state index in [9.17, 15) is 32.8 Å². The van der Waals surface area contributed by atoms with Gasteiger partial charge in [0.05, 0.1) is 24.3 Å². The van der Waals surface area contributed by atoms with Gasteiger partial charge in [-0.15, -0.1) is 0 Å². The van der Waals surface area contributed by atoms with Gasteiger partial charge in [-0.1, -0.05) is 30.3 Å². The molecule has 0 fully saturated rings. The molecule has 216 valence electrons. The minimum Gasteiger partial charge on any atom is -0.497 e. The number of alkyl halides is 3. The van der Waals surface area contributed by atoms with E-state index in [1.54, 1.807) is 24.3 Å². The maximum atomic E-state index is 14.1. The highest BCUT2D eigenvalue weighted by molar-refractivity contribution is 6.15. The summed E-state index contributed by atoms with van der Waals surface area (Å²) >= 11 is 0. The second-order valence-electron chi connectivity index (χ2n) is 9.86. The lowest BCUT2D eigenvalue weighted by Gasteiger charge is -2.39. The molecular formula is C32H28F3N3O4. The van der Waals surface area contributed by atoms with E-state index in [1.165, 1.54) is 45.2 Å². The smallest absolute Gasteiger partial charge is 0.416 e. The molecule has 1 aliphatic heterocycles. The SMILES string of the molecule is COc1cccc(CCNC(=O)C2C(=O)N(c3cccc(C(F)(F)F)c3)C(C)=C(C(C)=O)C2c2ccc(C#N)cc2)c1. The predicted octanol–water partition coefficient (Wildman–Crippen LogP) is 5.55. The van der Waals surface area contributed by atoms with Gasteiger partial charge in [-0.25, -0.2) is 0 Å². The molecular weight excluding hydrogens is 547 g/mol. The van der Waals surface area contributed by atoms with Crippen molar-refractivity contribution in [1.29, 1.82) is 5.26 Å². The number of ketones is 1. The number of halogens is 3. The van der Waals surface area contributed by atoms with Gasteiger partial charge >= 0.3 is 6.18 Å². The van der Waals surface area contributed by atoms with E-state index in [-0.39, 0.29) is 23.5 Å². The number of ether oxygens (including phenoxy) is 1. The first kappa shape index (κ1) is 30.1. The summed E-state index contributed by atoms with van der Waals surface area (Å²) in [6.07, 6.45) is -4.26. The number of amides is 2. The van der Waals surface area contributed by atoms with Crippen molar-refractivity contribution in [2.45, 2.75) is 32.4 Å². The number of allylic oxidation sites excluding steroid dienone is 2. The largest absolute Gasteiger partial charge is 0.497 e. The lowest BCUT2D eigenvalue weighted by Crippen LogP contribution is -2.51. The number of hydrogen-bond donors (Lipinski definition) is 1. The van der Waals surface area contributed by atoms with Crippen molar-refractivity contribution in [3.05, 3.63) is 106 Å². The Kier molecular flexibility index (Phi) is 8.81. The molecule has 3 aromatic rings. The number of benzene rings is 3. The molecule has 4 rings (SSSR count). The van der Waals surface area contributed by atoms with Crippen molar-refractivity contribution in [3.63, 3.8) is 0 Å². The summed E-state index contributed by atoms with van der Waals surface area (Å²) in [5.41, 5.74) is 0.821. The van der Waals surface area contributed by atoms with Crippen LogP contribution in [-0.4, -0.2) is 31.3 Å². The maximum Gasteiger partial charge on any atom is 0.416 e. The van der Waals surface area contributed by atoms with Crippen LogP contribution in [0.15, 0.2) is 84.1 Å². The Hall–Kier alpha value is -4.91. The zero-order valence-electron chi connectivity index (χ0n) is 23.2. The molecule has 0 aliphatic carbocycles. The highest BCUT2D eigenvalue weighted by atomic mass is 19.4. The van der Waals surface area contributed by atoms with Gasteiger partial charge in [-0.2, -0.15) is 18.4 Å². The lowest BCUT2D eigenvalue weighted by molar-refractivity contribution is -0.138. The zero-order chi connectivity index (χ0) is 30.6. The second-order valence-corrected chi connectivity index (χ2v) is 9.86. The van der Waals surface area contributed by atoms with Gasteiger partial charge in [0.25, 0.3) is 0 Å². The summed E-state index contributed by atoms with van der Waals surface area (Å²) in [6, 6.07) is 19.6. The van der Waals surface area contributed by atoms with Crippen LogP contribution >= 0.6 is 0 Å². The summed E-state index contributed by atoms with van der Waals surface area (Å²) in [5, 5.41) is 12.0. The summed E-state index contributed by atoms with van der Waals surface area (Å²) in [4.78, 5) is 42.0. The standard InChI is InChI=1S/C32H28F3N3O4/c1-19-27(20(2)39)28(23-12-10-22(18-36)11-13-23)29(30(40)37-15-14-21-6-4-9-26(16-21)42-3)31(41)38(19)25-8-5-7-24(17-25)32(33,34)35/h4-13,16-17,28-29H,14-15H2,1-3H3,(H,37,40). The molecule has 7 nitrogen and oxygen atoms in total. The number of carbonyl (C=O) groups excluding carboxylic acids is 3. The van der Waals surface area contributed by atoms with Gasteiger partial charge in [0, 0.05) is 29.4 Å². The van der Waals surface area contributed by atoms with E-state index in [4.69, 9.17) is 4.74 Å². The van der Waals surface area contributed by atoms with Gasteiger partial charge in [0.1, 0.15) is 11.7 Å². The monoisotopic (exact) mass is 575 g/mol. The van der Waals surface area contributed by atoms with Gasteiger partial charge < -0.3 is 10.1 Å². The highest BCUT2D eigenvalue weighted by Crippen LogP contribution is 2.43. The van der Waals surface area contributed by atoms with E-state index in [0.29, 0.717) is 23.3 Å². The molecule has 1 heterocycles. The van der Waals surface area contributed by atoms with Crippen molar-refractivity contribution < 1.29 is 32.3 Å². The molecule has 2 atom stereocenters. The molecule has 1 N–H and O–H groups in total. The lowest BCUT2D eigenvalue weighted by atomic mass is 9.74. The van der Waals surface area contributed by atoms with Crippen LogP contribution in [0.2, 0.25) is 0 Å². The van der Waals surface area contributed by atoms with Crippen LogP contribution in [0, 0.1) is 17.2 Å². The van der Waals surface area contributed by atoms with Gasteiger partial charge in [-0.3, -0.25) is 19.3 Å². The third kappa shape index (κ3) is 6.20. The number of methoxy groups -OCH3 is 1. The number of carbonyl (C=O) groups is 3. The highest BCUT2D eigenvalue weighted by Gasteiger charge is 2.47. The van der Waals surface area contributed by atoms with Crippen molar-refractivity contribution >= 4 is 23.3 Å². The van der Waals surface area contributed by atoms with Gasteiger partial charge in [0.15, 0.2) is 5.78 Å². The number of hydrogen-bond acceptors (Lipinski definition) is 5. The number of rotatable bonds is 8. The van der Waals surface area contributed by atoms with Crippen molar-refractivity contribution in [2.75, 3.05) is 18.6 Å². The molecule has 0 bridgehead atoms. The predicted molar refractivity (Wildman–Crippen MR) is 149 cm³/mol. The molecule has 2 unspecified atom stereocenters. The number of anilines is 1. The molecule has 0 saturated heterocycles. The maximum absolute atomic E-state index is 14.1. The zero-order valence-corrected chi connectivity index (χ0v) is 23.2. The van der Waals surface area contributed by atoms with Crippen LogP contribution in [0.1, 0.15) is 42.0 Å². The first-order valence-corrected chi connectivity index (χ1v) is 13.1. The first-order valence-electron chi connectivity index (χ1n) is 13.1. The molecule has 0 spiro atoms. The number of nitriles is 1. The van der Waals surface area contributed by atoms with Crippen LogP contribution < -0.4 is 15.0 Å². The molecule has 42 heavy (non-hydrogen) atoms. The van der Waals surface area contributed by atoms with Crippen LogP contribution in [-0.2, 0) is 27.0 Å². The third-order valence-electron chi connectivity index (χ3n) is 7.20. The summed E-state index contributed by atoms with van der Waals surface area (Å²) in [6.45, 7) is 2.91. The average Bonchev–Trinajstić information content (AvgIpc) is 2.96. The number of nitrogens with one attached hydrogen (secondary N) is 1. The fraction of sp³-hybridized carbons (Fsp3) is 0.250. The third-order valence-corrected chi connectivity index (χ3v) is 7.20. The molecule has 0 aromatic heterocycles. The van der Waals surface area contributed by atoms with Crippen LogP contribution in [0.5, 0.6) is 5.75 Å². The Morgan fingerprint density at radius 2 is 1.74 bits per heavy atom. The molecule has 0 saturated carbocycles. The molecule has 2 amide bonds. The van der Waals surface area contributed by atoms with E-state index in [1.807, 2.05) is 18.2 Å². The average molecular weight is 576 g/mol. The Morgan fingerprint density at radius 1 is 1.05 bits per heavy atom. The van der Waals surface area contributed by atoms with Crippen LogP contribution in [0.4, 0.5) is 18.9 Å². The van der Waals surface area contributed by atoms with Crippen molar-refractivity contribution in [2.24, 2.45) is 5.92 Å². The second kappa shape index (κ2) is 12.3. The topological polar surface area (TPSA) is 99.5 Å². The Bertz CT molecular complexity index is 1590. The van der Waals surface area contributed by atoms with E-state index in [0.717, 1.165) is 22.6 Å². The summed E-state index contributed by atoms with van der Waals surface area (Å²) < 4.78 is 45.9. The molecule has 10 heteroatoms. The fourth-order valence-electron chi connectivity index (χ4n) is 5.23. The summed E-state index contributed by atoms with van der Waals surface area (Å²) in [5.74, 6) is -3.75. The van der Waals surface area contributed by atoms with Crippen LogP contribution in [0.3, 0.4) is 0 Å². The normalized spacial score (nSPS) is 17.1.